The van der Waals surface area contributed by atoms with E-state index in [9.17, 15) is 4.79 Å². The van der Waals surface area contributed by atoms with Gasteiger partial charge in [-0.1, -0.05) is 6.58 Å². The Morgan fingerprint density at radius 2 is 2.25 bits per heavy atom. The molecule has 0 radical (unpaired) electrons. The van der Waals surface area contributed by atoms with Crippen LogP contribution in [0.1, 0.15) is 24.8 Å². The summed E-state index contributed by atoms with van der Waals surface area (Å²) in [5.74, 6) is 0.929. The van der Waals surface area contributed by atoms with Crippen molar-refractivity contribution in [1.29, 1.82) is 0 Å². The molecule has 1 heterocycles. The number of rotatable bonds is 6. The van der Waals surface area contributed by atoms with Crippen molar-refractivity contribution in [1.82, 2.24) is 5.32 Å². The van der Waals surface area contributed by atoms with Gasteiger partial charge in [0.1, 0.15) is 12.4 Å². The van der Waals surface area contributed by atoms with E-state index in [1.54, 1.807) is 0 Å². The molecule has 3 rings (SSSR count). The lowest BCUT2D eigenvalue weighted by Crippen LogP contribution is -2.21. The van der Waals surface area contributed by atoms with Gasteiger partial charge in [-0.05, 0) is 48.6 Å². The van der Waals surface area contributed by atoms with Crippen molar-refractivity contribution >= 4 is 11.6 Å². The second-order valence-corrected chi connectivity index (χ2v) is 5.56. The van der Waals surface area contributed by atoms with E-state index in [1.165, 1.54) is 12.8 Å². The van der Waals surface area contributed by atoms with Crippen molar-refractivity contribution in [3.63, 3.8) is 0 Å². The summed E-state index contributed by atoms with van der Waals surface area (Å²) in [6, 6.07) is 6.51. The van der Waals surface area contributed by atoms with Crippen molar-refractivity contribution < 1.29 is 9.53 Å². The molecule has 2 aliphatic rings. The van der Waals surface area contributed by atoms with Crippen LogP contribution < -0.4 is 15.4 Å². The van der Waals surface area contributed by atoms with Crippen molar-refractivity contribution in [3.8, 4) is 5.75 Å². The third-order valence-electron chi connectivity index (χ3n) is 3.63. The van der Waals surface area contributed by atoms with Gasteiger partial charge in [0, 0.05) is 24.7 Å². The molecule has 20 heavy (non-hydrogen) atoms. The van der Waals surface area contributed by atoms with Crippen LogP contribution >= 0.6 is 0 Å². The van der Waals surface area contributed by atoms with E-state index in [-0.39, 0.29) is 5.91 Å². The average molecular weight is 272 g/mol. The number of anilines is 1. The molecule has 0 unspecified atom stereocenters. The fraction of sp³-hybridized carbons (Fsp3) is 0.438. The lowest BCUT2D eigenvalue weighted by molar-refractivity contribution is -0.116. The second-order valence-electron chi connectivity index (χ2n) is 5.56. The summed E-state index contributed by atoms with van der Waals surface area (Å²) in [4.78, 5) is 11.3. The summed E-state index contributed by atoms with van der Waals surface area (Å²) < 4.78 is 5.76. The number of ether oxygens (including phenoxy) is 1. The van der Waals surface area contributed by atoms with Gasteiger partial charge in [0.15, 0.2) is 0 Å². The van der Waals surface area contributed by atoms with E-state index < -0.39 is 0 Å². The number of hydrogen-bond donors (Lipinski definition) is 2. The smallest absolute Gasteiger partial charge is 0.224 e. The normalized spacial score (nSPS) is 17.3. The highest BCUT2D eigenvalue weighted by molar-refractivity contribution is 5.93. The first-order valence-corrected chi connectivity index (χ1v) is 7.16. The highest BCUT2D eigenvalue weighted by atomic mass is 16.5. The number of fused-ring (bicyclic) bond motifs is 1. The van der Waals surface area contributed by atoms with Gasteiger partial charge in [-0.2, -0.15) is 0 Å². The summed E-state index contributed by atoms with van der Waals surface area (Å²) in [5.41, 5.74) is 3.11. The Bertz CT molecular complexity index is 535. The molecule has 2 N–H and O–H groups in total. The minimum atomic E-state index is 0.0886. The molecule has 1 saturated carbocycles. The maximum Gasteiger partial charge on any atom is 0.224 e. The fourth-order valence-electron chi connectivity index (χ4n) is 2.26. The number of amides is 1. The number of nitrogens with one attached hydrogen (secondary N) is 2. The molecular formula is C16H20N2O2. The Morgan fingerprint density at radius 3 is 3.05 bits per heavy atom. The van der Waals surface area contributed by atoms with Crippen LogP contribution in [0.3, 0.4) is 0 Å². The summed E-state index contributed by atoms with van der Waals surface area (Å²) in [6.45, 7) is 5.38. The average Bonchev–Trinajstić information content (AvgIpc) is 3.27. The molecule has 0 atom stereocenters. The van der Waals surface area contributed by atoms with E-state index in [0.717, 1.165) is 35.5 Å². The quantitative estimate of drug-likeness (QED) is 0.781. The molecule has 4 heteroatoms. The van der Waals surface area contributed by atoms with E-state index in [1.807, 2.05) is 18.2 Å². The zero-order chi connectivity index (χ0) is 13.9. The maximum absolute atomic E-state index is 11.3. The molecule has 0 bridgehead atoms. The predicted octanol–water partition coefficient (Wildman–Crippen LogP) is 2.26. The van der Waals surface area contributed by atoms with E-state index in [0.29, 0.717) is 19.1 Å². The number of benzene rings is 1. The monoisotopic (exact) mass is 272 g/mol. The van der Waals surface area contributed by atoms with Crippen LogP contribution in [0.15, 0.2) is 30.4 Å². The Hall–Kier alpha value is -1.81. The Labute approximate surface area is 119 Å². The molecule has 4 nitrogen and oxygen atoms in total. The first kappa shape index (κ1) is 13.2. The van der Waals surface area contributed by atoms with E-state index in [4.69, 9.17) is 4.74 Å². The molecule has 1 fully saturated rings. The third kappa shape index (κ3) is 3.39. The summed E-state index contributed by atoms with van der Waals surface area (Å²) in [7, 11) is 0. The zero-order valence-electron chi connectivity index (χ0n) is 11.6. The van der Waals surface area contributed by atoms with E-state index in [2.05, 4.69) is 17.2 Å². The number of hydrogen-bond acceptors (Lipinski definition) is 3. The van der Waals surface area contributed by atoms with Gasteiger partial charge < -0.3 is 15.4 Å². The SMILES string of the molecule is C=C(CNC1CC1)COc1ccc2c(c1)CCC(=O)N2. The molecule has 1 amide bonds. The predicted molar refractivity (Wildman–Crippen MR) is 79.1 cm³/mol. The van der Waals surface area contributed by atoms with Crippen LogP contribution in [0.2, 0.25) is 0 Å². The van der Waals surface area contributed by atoms with Gasteiger partial charge >= 0.3 is 0 Å². The Kier molecular flexibility index (Phi) is 3.74. The van der Waals surface area contributed by atoms with Crippen LogP contribution in [0.5, 0.6) is 5.75 Å². The number of carbonyl (C=O) groups is 1. The summed E-state index contributed by atoms with van der Waals surface area (Å²) >= 11 is 0. The summed E-state index contributed by atoms with van der Waals surface area (Å²) in [5, 5.41) is 6.29. The molecule has 106 valence electrons. The molecule has 1 aliphatic heterocycles. The highest BCUT2D eigenvalue weighted by Crippen LogP contribution is 2.27. The zero-order valence-corrected chi connectivity index (χ0v) is 11.6. The van der Waals surface area contributed by atoms with Crippen molar-refractivity contribution in [2.75, 3.05) is 18.5 Å². The topological polar surface area (TPSA) is 50.4 Å². The van der Waals surface area contributed by atoms with Gasteiger partial charge in [0.05, 0.1) is 0 Å². The van der Waals surface area contributed by atoms with Gasteiger partial charge in [-0.25, -0.2) is 0 Å². The standard InChI is InChI=1S/C16H20N2O2/c1-11(9-17-13-3-4-13)10-20-14-5-6-15-12(8-14)2-7-16(19)18-15/h5-6,8,13,17H,1-4,7,9-10H2,(H,18,19). The summed E-state index contributed by atoms with van der Waals surface area (Å²) in [6.07, 6.45) is 3.90. The minimum absolute atomic E-state index is 0.0886. The molecule has 1 aromatic carbocycles. The minimum Gasteiger partial charge on any atom is -0.489 e. The van der Waals surface area contributed by atoms with Gasteiger partial charge in [-0.3, -0.25) is 4.79 Å². The molecule has 0 aromatic heterocycles. The maximum atomic E-state index is 11.3. The molecule has 1 aliphatic carbocycles. The van der Waals surface area contributed by atoms with Crippen molar-refractivity contribution in [3.05, 3.63) is 35.9 Å². The van der Waals surface area contributed by atoms with Gasteiger partial charge in [0.2, 0.25) is 5.91 Å². The largest absolute Gasteiger partial charge is 0.489 e. The third-order valence-corrected chi connectivity index (χ3v) is 3.63. The van der Waals surface area contributed by atoms with Crippen molar-refractivity contribution in [2.45, 2.75) is 31.7 Å². The first-order chi connectivity index (χ1) is 9.70. The van der Waals surface area contributed by atoms with Crippen LogP contribution in [-0.2, 0) is 11.2 Å². The Balaban J connectivity index is 1.52. The number of carbonyl (C=O) groups excluding carboxylic acids is 1. The molecule has 1 aromatic rings. The number of aryl methyl sites for hydroxylation is 1. The lowest BCUT2D eigenvalue weighted by Gasteiger charge is -2.18. The highest BCUT2D eigenvalue weighted by Gasteiger charge is 2.20. The fourth-order valence-corrected chi connectivity index (χ4v) is 2.26. The van der Waals surface area contributed by atoms with Crippen LogP contribution in [0, 0.1) is 0 Å². The van der Waals surface area contributed by atoms with Gasteiger partial charge in [-0.15, -0.1) is 0 Å². The molecular weight excluding hydrogens is 252 g/mol. The van der Waals surface area contributed by atoms with Crippen LogP contribution in [0.4, 0.5) is 5.69 Å². The van der Waals surface area contributed by atoms with Crippen LogP contribution in [-0.4, -0.2) is 25.1 Å². The lowest BCUT2D eigenvalue weighted by atomic mass is 10.0. The molecule has 0 saturated heterocycles. The Morgan fingerprint density at radius 1 is 1.40 bits per heavy atom. The second kappa shape index (κ2) is 5.67. The van der Waals surface area contributed by atoms with Crippen LogP contribution in [0.25, 0.3) is 0 Å². The van der Waals surface area contributed by atoms with Gasteiger partial charge in [0.25, 0.3) is 0 Å². The van der Waals surface area contributed by atoms with E-state index >= 15 is 0 Å². The first-order valence-electron chi connectivity index (χ1n) is 7.16. The van der Waals surface area contributed by atoms with Crippen molar-refractivity contribution in [2.24, 2.45) is 0 Å². The molecule has 0 spiro atoms.